The van der Waals surface area contributed by atoms with Gasteiger partial charge in [-0.2, -0.15) is 0 Å². The van der Waals surface area contributed by atoms with E-state index < -0.39 is 29.7 Å². The molecule has 7 heteroatoms. The molecule has 0 rings (SSSR count). The van der Waals surface area contributed by atoms with Gasteiger partial charge in [0.2, 0.25) is 0 Å². The maximum atomic E-state index is 11.8. The van der Waals surface area contributed by atoms with Crippen LogP contribution in [0.25, 0.3) is 0 Å². The lowest BCUT2D eigenvalue weighted by Gasteiger charge is -2.22. The molecule has 1 N–H and O–H groups in total. The molecular formula is C15H25NO6. The van der Waals surface area contributed by atoms with Crippen LogP contribution in [0.1, 0.15) is 40.5 Å². The average molecular weight is 315 g/mol. The zero-order valence-electron chi connectivity index (χ0n) is 13.6. The van der Waals surface area contributed by atoms with Crippen LogP contribution in [0, 0.1) is 0 Å². The van der Waals surface area contributed by atoms with E-state index >= 15 is 0 Å². The topological polar surface area (TPSA) is 90.9 Å². The molecule has 0 heterocycles. The van der Waals surface area contributed by atoms with Gasteiger partial charge in [0.15, 0.2) is 0 Å². The SMILES string of the molecule is C=CCOC(=O)CC[C@H](NC(=O)OC(C)(C)C)C(=O)OCC. The van der Waals surface area contributed by atoms with E-state index in [0.29, 0.717) is 0 Å². The third kappa shape index (κ3) is 9.79. The van der Waals surface area contributed by atoms with Crippen molar-refractivity contribution in [1.29, 1.82) is 0 Å². The van der Waals surface area contributed by atoms with Crippen molar-refractivity contribution in [2.75, 3.05) is 13.2 Å². The molecule has 0 aliphatic rings. The molecule has 0 aliphatic heterocycles. The smallest absolute Gasteiger partial charge is 0.408 e. The summed E-state index contributed by atoms with van der Waals surface area (Å²) < 4.78 is 14.8. The summed E-state index contributed by atoms with van der Waals surface area (Å²) in [6, 6.07) is -0.967. The Labute approximate surface area is 131 Å². The Balaban J connectivity index is 4.56. The average Bonchev–Trinajstić information content (AvgIpc) is 2.39. The van der Waals surface area contributed by atoms with Gasteiger partial charge in [0, 0.05) is 6.42 Å². The number of ether oxygens (including phenoxy) is 3. The van der Waals surface area contributed by atoms with Crippen molar-refractivity contribution < 1.29 is 28.6 Å². The van der Waals surface area contributed by atoms with Gasteiger partial charge in [-0.1, -0.05) is 12.7 Å². The number of hydrogen-bond acceptors (Lipinski definition) is 6. The van der Waals surface area contributed by atoms with Crippen molar-refractivity contribution in [1.82, 2.24) is 5.32 Å². The van der Waals surface area contributed by atoms with Crippen LogP contribution in [0.2, 0.25) is 0 Å². The van der Waals surface area contributed by atoms with Crippen molar-refractivity contribution in [3.8, 4) is 0 Å². The van der Waals surface area contributed by atoms with Crippen molar-refractivity contribution in [2.24, 2.45) is 0 Å². The number of carbonyl (C=O) groups excluding carboxylic acids is 3. The highest BCUT2D eigenvalue weighted by Gasteiger charge is 2.26. The minimum atomic E-state index is -0.967. The van der Waals surface area contributed by atoms with E-state index in [2.05, 4.69) is 11.9 Å². The van der Waals surface area contributed by atoms with E-state index in [4.69, 9.17) is 14.2 Å². The molecule has 0 aromatic rings. The van der Waals surface area contributed by atoms with Gasteiger partial charge in [-0.15, -0.1) is 0 Å². The molecule has 0 spiro atoms. The highest BCUT2D eigenvalue weighted by molar-refractivity contribution is 5.82. The third-order valence-corrected chi connectivity index (χ3v) is 2.26. The molecule has 1 amide bonds. The number of rotatable bonds is 8. The first-order valence-electron chi connectivity index (χ1n) is 7.12. The summed E-state index contributed by atoms with van der Waals surface area (Å²) in [5, 5.41) is 2.41. The first-order valence-corrected chi connectivity index (χ1v) is 7.12. The van der Waals surface area contributed by atoms with Crippen LogP contribution in [-0.2, 0) is 23.8 Å². The van der Waals surface area contributed by atoms with Crippen LogP contribution in [0.4, 0.5) is 4.79 Å². The Morgan fingerprint density at radius 1 is 1.23 bits per heavy atom. The van der Waals surface area contributed by atoms with Crippen molar-refractivity contribution >= 4 is 18.0 Å². The summed E-state index contributed by atoms with van der Waals surface area (Å²) in [6.45, 7) is 10.5. The molecule has 0 unspecified atom stereocenters. The molecule has 0 aliphatic carbocycles. The van der Waals surface area contributed by atoms with Crippen LogP contribution in [0.5, 0.6) is 0 Å². The Hall–Kier alpha value is -2.05. The van der Waals surface area contributed by atoms with Crippen LogP contribution in [-0.4, -0.2) is 42.9 Å². The lowest BCUT2D eigenvalue weighted by Crippen LogP contribution is -2.44. The quantitative estimate of drug-likeness (QED) is 0.418. The van der Waals surface area contributed by atoms with E-state index in [1.165, 1.54) is 6.08 Å². The molecular weight excluding hydrogens is 290 g/mol. The number of esters is 2. The zero-order chi connectivity index (χ0) is 17.2. The summed E-state index contributed by atoms with van der Waals surface area (Å²) in [7, 11) is 0. The fourth-order valence-corrected chi connectivity index (χ4v) is 1.43. The van der Waals surface area contributed by atoms with Gasteiger partial charge in [0.05, 0.1) is 6.61 Å². The van der Waals surface area contributed by atoms with Crippen LogP contribution >= 0.6 is 0 Å². The van der Waals surface area contributed by atoms with Crippen LogP contribution in [0.15, 0.2) is 12.7 Å². The molecule has 0 bridgehead atoms. The number of hydrogen-bond donors (Lipinski definition) is 1. The second kappa shape index (κ2) is 9.81. The van der Waals surface area contributed by atoms with Gasteiger partial charge in [-0.3, -0.25) is 4.79 Å². The molecule has 1 atom stereocenters. The normalized spacial score (nSPS) is 12.0. The predicted octanol–water partition coefficient (Wildman–Crippen LogP) is 1.95. The van der Waals surface area contributed by atoms with E-state index in [1.807, 2.05) is 0 Å². The Bertz CT molecular complexity index is 399. The number of carbonyl (C=O) groups is 3. The highest BCUT2D eigenvalue weighted by Crippen LogP contribution is 2.08. The van der Waals surface area contributed by atoms with Crippen molar-refractivity contribution in [3.05, 3.63) is 12.7 Å². The summed E-state index contributed by atoms with van der Waals surface area (Å²) in [5.41, 5.74) is -0.688. The molecule has 126 valence electrons. The minimum Gasteiger partial charge on any atom is -0.464 e. The van der Waals surface area contributed by atoms with E-state index in [1.54, 1.807) is 27.7 Å². The van der Waals surface area contributed by atoms with Gasteiger partial charge >= 0.3 is 18.0 Å². The molecule has 0 aromatic carbocycles. The maximum absolute atomic E-state index is 11.8. The fraction of sp³-hybridized carbons (Fsp3) is 0.667. The van der Waals surface area contributed by atoms with E-state index in [9.17, 15) is 14.4 Å². The summed E-state index contributed by atoms with van der Waals surface area (Å²) in [4.78, 5) is 35.0. The van der Waals surface area contributed by atoms with Gasteiger partial charge in [0.1, 0.15) is 18.2 Å². The summed E-state index contributed by atoms with van der Waals surface area (Å²) >= 11 is 0. The molecule has 0 saturated carbocycles. The third-order valence-electron chi connectivity index (χ3n) is 2.26. The van der Waals surface area contributed by atoms with E-state index in [0.717, 1.165) is 0 Å². The molecule has 22 heavy (non-hydrogen) atoms. The lowest BCUT2D eigenvalue weighted by molar-refractivity contribution is -0.147. The van der Waals surface area contributed by atoms with Gasteiger partial charge in [0.25, 0.3) is 0 Å². The van der Waals surface area contributed by atoms with Gasteiger partial charge < -0.3 is 19.5 Å². The fourth-order valence-electron chi connectivity index (χ4n) is 1.43. The molecule has 0 fully saturated rings. The molecule has 7 nitrogen and oxygen atoms in total. The van der Waals surface area contributed by atoms with Crippen molar-refractivity contribution in [2.45, 2.75) is 52.2 Å². The molecule has 0 saturated heterocycles. The first kappa shape index (κ1) is 19.9. The Kier molecular flexibility index (Phi) is 8.89. The Morgan fingerprint density at radius 2 is 1.86 bits per heavy atom. The van der Waals surface area contributed by atoms with Crippen molar-refractivity contribution in [3.63, 3.8) is 0 Å². The van der Waals surface area contributed by atoms with Gasteiger partial charge in [-0.25, -0.2) is 9.59 Å². The van der Waals surface area contributed by atoms with Crippen LogP contribution in [0.3, 0.4) is 0 Å². The molecule has 0 aromatic heterocycles. The maximum Gasteiger partial charge on any atom is 0.408 e. The first-order chi connectivity index (χ1) is 10.2. The summed E-state index contributed by atoms with van der Waals surface area (Å²) in [5.74, 6) is -1.11. The van der Waals surface area contributed by atoms with Gasteiger partial charge in [-0.05, 0) is 34.1 Å². The standard InChI is InChI=1S/C15H25NO6/c1-6-10-21-12(17)9-8-11(13(18)20-7-2)16-14(19)22-15(3,4)5/h6,11H,1,7-10H2,2-5H3,(H,16,19)/t11-/m0/s1. The number of amides is 1. The number of alkyl carbamates (subject to hydrolysis) is 1. The number of nitrogens with one attached hydrogen (secondary N) is 1. The zero-order valence-corrected chi connectivity index (χ0v) is 13.6. The second-order valence-electron chi connectivity index (χ2n) is 5.46. The monoisotopic (exact) mass is 315 g/mol. The Morgan fingerprint density at radius 3 is 2.36 bits per heavy atom. The predicted molar refractivity (Wildman–Crippen MR) is 80.2 cm³/mol. The lowest BCUT2D eigenvalue weighted by atomic mass is 10.1. The van der Waals surface area contributed by atoms with E-state index in [-0.39, 0.29) is 26.1 Å². The summed E-state index contributed by atoms with van der Waals surface area (Å²) in [6.07, 6.45) is 0.728. The largest absolute Gasteiger partial charge is 0.464 e. The van der Waals surface area contributed by atoms with Crippen LogP contribution < -0.4 is 5.32 Å². The second-order valence-corrected chi connectivity index (χ2v) is 5.46. The molecule has 0 radical (unpaired) electrons. The minimum absolute atomic E-state index is 0.0346. The highest BCUT2D eigenvalue weighted by atomic mass is 16.6.